The number of ether oxygens (including phenoxy) is 1. The summed E-state index contributed by atoms with van der Waals surface area (Å²) in [5.41, 5.74) is 1.72. The number of benzene rings is 2. The Morgan fingerprint density at radius 3 is 2.49 bits per heavy atom. The number of anilines is 3. The van der Waals surface area contributed by atoms with Crippen LogP contribution in [-0.2, 0) is 6.18 Å². The molecule has 7 nitrogen and oxygen atoms in total. The average Bonchev–Trinajstić information content (AvgIpc) is 3.52. The maximum atomic E-state index is 12.9. The Bertz CT molecular complexity index is 1400. The zero-order chi connectivity index (χ0) is 24.3. The molecule has 0 aliphatic carbocycles. The molecule has 0 aliphatic heterocycles. The summed E-state index contributed by atoms with van der Waals surface area (Å²) in [7, 11) is 0. The van der Waals surface area contributed by atoms with Crippen molar-refractivity contribution in [1.29, 1.82) is 0 Å². The molecule has 0 radical (unpaired) electrons. The van der Waals surface area contributed by atoms with Crippen LogP contribution in [0.2, 0.25) is 0 Å². The second-order valence-electron chi connectivity index (χ2n) is 7.45. The number of aromatic nitrogens is 4. The lowest BCUT2D eigenvalue weighted by atomic mass is 10.2. The zero-order valence-electron chi connectivity index (χ0n) is 18.2. The maximum Gasteiger partial charge on any atom is 0.416 e. The topological polar surface area (TPSA) is 76.9 Å². The highest BCUT2D eigenvalue weighted by Crippen LogP contribution is 2.31. The first-order valence-electron chi connectivity index (χ1n) is 10.6. The lowest BCUT2D eigenvalue weighted by Gasteiger charge is -2.12. The molecule has 11 heteroatoms. The number of alkyl halides is 3. The summed E-state index contributed by atoms with van der Waals surface area (Å²) in [4.78, 5) is 13.6. The summed E-state index contributed by atoms with van der Waals surface area (Å²) in [6, 6.07) is 16.1. The van der Waals surface area contributed by atoms with Crippen LogP contribution < -0.4 is 15.4 Å². The SMILES string of the molecule is FC(F)(F)c1ccc(Nc2nc(NCCOc3ccccc3)c3ncn(-c4ccsc4)c3n2)cc1. The van der Waals surface area contributed by atoms with Gasteiger partial charge in [0.15, 0.2) is 17.0 Å². The van der Waals surface area contributed by atoms with Crippen molar-refractivity contribution in [2.24, 2.45) is 0 Å². The van der Waals surface area contributed by atoms with E-state index in [4.69, 9.17) is 4.74 Å². The number of nitrogens with one attached hydrogen (secondary N) is 2. The molecule has 0 amide bonds. The van der Waals surface area contributed by atoms with E-state index in [9.17, 15) is 13.2 Å². The monoisotopic (exact) mass is 496 g/mol. The van der Waals surface area contributed by atoms with Crippen LogP contribution in [0, 0.1) is 0 Å². The largest absolute Gasteiger partial charge is 0.492 e. The van der Waals surface area contributed by atoms with E-state index in [0.29, 0.717) is 35.8 Å². The highest BCUT2D eigenvalue weighted by molar-refractivity contribution is 7.08. The van der Waals surface area contributed by atoms with Crippen molar-refractivity contribution in [3.8, 4) is 11.4 Å². The molecule has 3 heterocycles. The fraction of sp³-hybridized carbons (Fsp3) is 0.125. The van der Waals surface area contributed by atoms with Gasteiger partial charge in [0.25, 0.3) is 0 Å². The third-order valence-corrected chi connectivity index (χ3v) is 5.73. The molecule has 0 saturated carbocycles. The van der Waals surface area contributed by atoms with E-state index >= 15 is 0 Å². The molecule has 0 spiro atoms. The summed E-state index contributed by atoms with van der Waals surface area (Å²) >= 11 is 1.54. The van der Waals surface area contributed by atoms with Gasteiger partial charge in [-0.15, -0.1) is 0 Å². The summed E-state index contributed by atoms with van der Waals surface area (Å²) in [6.45, 7) is 0.842. The summed E-state index contributed by atoms with van der Waals surface area (Å²) < 4.78 is 46.3. The second-order valence-corrected chi connectivity index (χ2v) is 8.23. The van der Waals surface area contributed by atoms with Crippen molar-refractivity contribution < 1.29 is 17.9 Å². The molecule has 0 unspecified atom stereocenters. The molecule has 5 rings (SSSR count). The quantitative estimate of drug-likeness (QED) is 0.252. The van der Waals surface area contributed by atoms with Gasteiger partial charge in [0, 0.05) is 11.1 Å². The molecule has 2 aromatic carbocycles. The lowest BCUT2D eigenvalue weighted by molar-refractivity contribution is -0.137. The van der Waals surface area contributed by atoms with Crippen LogP contribution in [0.3, 0.4) is 0 Å². The van der Waals surface area contributed by atoms with Gasteiger partial charge < -0.3 is 15.4 Å². The molecule has 2 N–H and O–H groups in total. The summed E-state index contributed by atoms with van der Waals surface area (Å²) in [6.07, 6.45) is -2.74. The van der Waals surface area contributed by atoms with E-state index in [1.807, 2.05) is 51.7 Å². The lowest BCUT2D eigenvalue weighted by Crippen LogP contribution is -2.13. The number of hydrogen-bond acceptors (Lipinski definition) is 7. The minimum absolute atomic E-state index is 0.223. The number of halogens is 3. The number of hydrogen-bond donors (Lipinski definition) is 2. The number of fused-ring (bicyclic) bond motifs is 1. The molecule has 178 valence electrons. The number of thiophene rings is 1. The molecular formula is C24H19F3N6OS. The minimum Gasteiger partial charge on any atom is -0.492 e. The van der Waals surface area contributed by atoms with Crippen molar-refractivity contribution in [2.45, 2.75) is 6.18 Å². The third kappa shape index (κ3) is 5.19. The van der Waals surface area contributed by atoms with E-state index in [0.717, 1.165) is 23.6 Å². The van der Waals surface area contributed by atoms with Crippen LogP contribution in [-0.4, -0.2) is 32.7 Å². The van der Waals surface area contributed by atoms with E-state index < -0.39 is 11.7 Å². The van der Waals surface area contributed by atoms with Crippen molar-refractivity contribution in [3.05, 3.63) is 83.3 Å². The Morgan fingerprint density at radius 2 is 1.77 bits per heavy atom. The van der Waals surface area contributed by atoms with E-state index in [2.05, 4.69) is 25.6 Å². The van der Waals surface area contributed by atoms with Crippen LogP contribution in [0.25, 0.3) is 16.9 Å². The molecule has 0 aliphatic rings. The summed E-state index contributed by atoms with van der Waals surface area (Å²) in [5.74, 6) is 1.46. The van der Waals surface area contributed by atoms with Crippen molar-refractivity contribution in [2.75, 3.05) is 23.8 Å². The standard InChI is InChI=1S/C24H19F3N6OS/c25-24(26,27)16-6-8-17(9-7-16)30-23-31-21(28-11-12-34-19-4-2-1-3-5-19)20-22(32-23)33(15-29-20)18-10-13-35-14-18/h1-10,13-15H,11-12H2,(H2,28,30,31,32). The predicted octanol–water partition coefficient (Wildman–Crippen LogP) is 6.13. The number of imidazole rings is 1. The molecule has 3 aromatic heterocycles. The van der Waals surface area contributed by atoms with Crippen molar-refractivity contribution >= 4 is 40.0 Å². The van der Waals surface area contributed by atoms with Crippen LogP contribution in [0.1, 0.15) is 5.56 Å². The van der Waals surface area contributed by atoms with Gasteiger partial charge in [-0.2, -0.15) is 34.5 Å². The Morgan fingerprint density at radius 1 is 0.971 bits per heavy atom. The van der Waals surface area contributed by atoms with Gasteiger partial charge in [-0.05, 0) is 47.8 Å². The smallest absolute Gasteiger partial charge is 0.416 e. The molecule has 35 heavy (non-hydrogen) atoms. The van der Waals surface area contributed by atoms with Gasteiger partial charge in [-0.25, -0.2) is 4.98 Å². The molecule has 0 atom stereocenters. The van der Waals surface area contributed by atoms with Gasteiger partial charge >= 0.3 is 6.18 Å². The van der Waals surface area contributed by atoms with Crippen molar-refractivity contribution in [1.82, 2.24) is 19.5 Å². The van der Waals surface area contributed by atoms with E-state index in [1.54, 1.807) is 17.7 Å². The zero-order valence-corrected chi connectivity index (χ0v) is 19.0. The van der Waals surface area contributed by atoms with Gasteiger partial charge in [-0.3, -0.25) is 4.57 Å². The van der Waals surface area contributed by atoms with E-state index in [1.165, 1.54) is 12.1 Å². The van der Waals surface area contributed by atoms with Gasteiger partial charge in [0.1, 0.15) is 18.7 Å². The van der Waals surface area contributed by atoms with Gasteiger partial charge in [0.2, 0.25) is 5.95 Å². The first-order valence-corrected chi connectivity index (χ1v) is 11.6. The van der Waals surface area contributed by atoms with Crippen LogP contribution in [0.15, 0.2) is 77.8 Å². The van der Waals surface area contributed by atoms with Gasteiger partial charge in [0.05, 0.1) is 17.8 Å². The Labute approximate surface area is 202 Å². The highest BCUT2D eigenvalue weighted by atomic mass is 32.1. The number of rotatable bonds is 8. The second kappa shape index (κ2) is 9.63. The first kappa shape index (κ1) is 22.7. The van der Waals surface area contributed by atoms with Crippen molar-refractivity contribution in [3.63, 3.8) is 0 Å². The minimum atomic E-state index is -4.40. The summed E-state index contributed by atoms with van der Waals surface area (Å²) in [5, 5.41) is 10.1. The van der Waals surface area contributed by atoms with Gasteiger partial charge in [-0.1, -0.05) is 18.2 Å². The number of nitrogens with zero attached hydrogens (tertiary/aromatic N) is 4. The first-order chi connectivity index (χ1) is 17.0. The third-order valence-electron chi connectivity index (χ3n) is 5.06. The predicted molar refractivity (Wildman–Crippen MR) is 130 cm³/mol. The molecular weight excluding hydrogens is 477 g/mol. The molecule has 0 fully saturated rings. The highest BCUT2D eigenvalue weighted by Gasteiger charge is 2.30. The van der Waals surface area contributed by atoms with Crippen LogP contribution in [0.4, 0.5) is 30.6 Å². The Kier molecular flexibility index (Phi) is 6.23. The van der Waals surface area contributed by atoms with Crippen LogP contribution in [0.5, 0.6) is 5.75 Å². The Balaban J connectivity index is 1.41. The maximum absolute atomic E-state index is 12.9. The fourth-order valence-corrected chi connectivity index (χ4v) is 4.02. The fourth-order valence-electron chi connectivity index (χ4n) is 3.39. The van der Waals surface area contributed by atoms with Crippen LogP contribution >= 0.6 is 11.3 Å². The molecule has 0 bridgehead atoms. The Hall–Kier alpha value is -4.12. The molecule has 0 saturated heterocycles. The normalized spacial score (nSPS) is 11.5. The number of para-hydroxylation sites is 1. The molecule has 5 aromatic rings. The van der Waals surface area contributed by atoms with E-state index in [-0.39, 0.29) is 5.95 Å². The average molecular weight is 497 g/mol.